The van der Waals surface area contributed by atoms with Gasteiger partial charge in [0.2, 0.25) is 0 Å². The van der Waals surface area contributed by atoms with E-state index in [4.69, 9.17) is 21.1 Å². The van der Waals surface area contributed by atoms with Gasteiger partial charge in [-0.15, -0.1) is 0 Å². The van der Waals surface area contributed by atoms with Gasteiger partial charge in [0.25, 0.3) is 11.7 Å². The number of ketones is 1. The Morgan fingerprint density at radius 3 is 2.58 bits per heavy atom. The van der Waals surface area contributed by atoms with Crippen LogP contribution >= 0.6 is 11.6 Å². The van der Waals surface area contributed by atoms with Gasteiger partial charge in [0.15, 0.2) is 0 Å². The van der Waals surface area contributed by atoms with Gasteiger partial charge in [0.05, 0.1) is 30.4 Å². The molecule has 1 aliphatic rings. The molecule has 0 aliphatic carbocycles. The maximum atomic E-state index is 13.2. The zero-order valence-electron chi connectivity index (χ0n) is 19.4. The molecule has 1 amide bonds. The van der Waals surface area contributed by atoms with Crippen LogP contribution in [0, 0.1) is 0 Å². The van der Waals surface area contributed by atoms with Gasteiger partial charge in [0.1, 0.15) is 17.3 Å². The summed E-state index contributed by atoms with van der Waals surface area (Å²) in [6.45, 7) is 6.33. The quantitative estimate of drug-likeness (QED) is 0.218. The summed E-state index contributed by atoms with van der Waals surface area (Å²) in [7, 11) is 1.47. The SMILES string of the molecule is CCCCCN1C(=O)C(=O)/C(=C(/O)c2cc(Cl)ccc2OC)C1c1cccc(OC(C)C)c1. The molecule has 0 saturated carbocycles. The molecule has 0 radical (unpaired) electrons. The number of ether oxygens (including phenoxy) is 2. The molecular formula is C26H30ClNO5. The first-order valence-electron chi connectivity index (χ1n) is 11.2. The number of nitrogens with zero attached hydrogens (tertiary/aromatic N) is 1. The van der Waals surface area contributed by atoms with Crippen molar-refractivity contribution in [3.63, 3.8) is 0 Å². The Bertz CT molecular complexity index is 1060. The third kappa shape index (κ3) is 5.33. The average Bonchev–Trinajstić information content (AvgIpc) is 3.03. The van der Waals surface area contributed by atoms with Gasteiger partial charge in [-0.25, -0.2) is 0 Å². The van der Waals surface area contributed by atoms with E-state index in [2.05, 4.69) is 6.92 Å². The van der Waals surface area contributed by atoms with Gasteiger partial charge in [-0.3, -0.25) is 9.59 Å². The first-order valence-corrected chi connectivity index (χ1v) is 11.5. The highest BCUT2D eigenvalue weighted by atomic mass is 35.5. The van der Waals surface area contributed by atoms with E-state index in [1.165, 1.54) is 18.1 Å². The fourth-order valence-corrected chi connectivity index (χ4v) is 4.20. The summed E-state index contributed by atoms with van der Waals surface area (Å²) in [5.74, 6) is -0.697. The molecule has 1 unspecified atom stereocenters. The van der Waals surface area contributed by atoms with Crippen molar-refractivity contribution in [3.8, 4) is 11.5 Å². The van der Waals surface area contributed by atoms with Crippen LogP contribution in [0.1, 0.15) is 57.2 Å². The summed E-state index contributed by atoms with van der Waals surface area (Å²) in [4.78, 5) is 27.8. The molecule has 33 heavy (non-hydrogen) atoms. The highest BCUT2D eigenvalue weighted by molar-refractivity contribution is 6.46. The lowest BCUT2D eigenvalue weighted by atomic mass is 9.94. The number of halogens is 1. The van der Waals surface area contributed by atoms with Crippen molar-refractivity contribution in [3.05, 3.63) is 64.2 Å². The Balaban J connectivity index is 2.18. The van der Waals surface area contributed by atoms with Crippen LogP contribution in [0.25, 0.3) is 5.76 Å². The van der Waals surface area contributed by atoms with Crippen LogP contribution in [0.5, 0.6) is 11.5 Å². The highest BCUT2D eigenvalue weighted by Crippen LogP contribution is 2.42. The van der Waals surface area contributed by atoms with E-state index < -0.39 is 17.7 Å². The Hall–Kier alpha value is -2.99. The van der Waals surface area contributed by atoms with Crippen LogP contribution in [0.2, 0.25) is 5.02 Å². The maximum Gasteiger partial charge on any atom is 0.295 e. The third-order valence-corrected chi connectivity index (χ3v) is 5.74. The van der Waals surface area contributed by atoms with Crippen molar-refractivity contribution in [1.29, 1.82) is 0 Å². The number of benzene rings is 2. The number of methoxy groups -OCH3 is 1. The van der Waals surface area contributed by atoms with Gasteiger partial charge in [-0.1, -0.05) is 43.5 Å². The fourth-order valence-electron chi connectivity index (χ4n) is 4.03. The van der Waals surface area contributed by atoms with Crippen molar-refractivity contribution < 1.29 is 24.2 Å². The number of aliphatic hydroxyl groups is 1. The molecule has 1 saturated heterocycles. The number of aliphatic hydroxyl groups excluding tert-OH is 1. The zero-order chi connectivity index (χ0) is 24.1. The van der Waals surface area contributed by atoms with Gasteiger partial charge in [0, 0.05) is 11.6 Å². The molecule has 0 spiro atoms. The largest absolute Gasteiger partial charge is 0.507 e. The molecule has 6 nitrogen and oxygen atoms in total. The van der Waals surface area contributed by atoms with Crippen molar-refractivity contribution in [2.45, 2.75) is 52.2 Å². The molecule has 0 bridgehead atoms. The predicted octanol–water partition coefficient (Wildman–Crippen LogP) is 5.75. The van der Waals surface area contributed by atoms with E-state index in [0.29, 0.717) is 28.6 Å². The summed E-state index contributed by atoms with van der Waals surface area (Å²) in [5.41, 5.74) is 0.960. The van der Waals surface area contributed by atoms with Crippen LogP contribution in [0.4, 0.5) is 0 Å². The molecule has 1 atom stereocenters. The first-order chi connectivity index (χ1) is 15.8. The van der Waals surface area contributed by atoms with Gasteiger partial charge in [-0.05, 0) is 56.2 Å². The summed E-state index contributed by atoms with van der Waals surface area (Å²) < 4.78 is 11.2. The lowest BCUT2D eigenvalue weighted by molar-refractivity contribution is -0.139. The van der Waals surface area contributed by atoms with Crippen LogP contribution in [0.15, 0.2) is 48.0 Å². The number of rotatable bonds is 9. The van der Waals surface area contributed by atoms with E-state index >= 15 is 0 Å². The van der Waals surface area contributed by atoms with Crippen molar-refractivity contribution >= 4 is 29.1 Å². The Morgan fingerprint density at radius 2 is 1.91 bits per heavy atom. The van der Waals surface area contributed by atoms with Crippen molar-refractivity contribution in [2.75, 3.05) is 13.7 Å². The van der Waals surface area contributed by atoms with E-state index in [1.807, 2.05) is 38.1 Å². The lowest BCUT2D eigenvalue weighted by Crippen LogP contribution is -2.30. The monoisotopic (exact) mass is 471 g/mol. The number of unbranched alkanes of at least 4 members (excludes halogenated alkanes) is 2. The van der Waals surface area contributed by atoms with Crippen molar-refractivity contribution in [1.82, 2.24) is 4.90 Å². The normalized spacial score (nSPS) is 17.6. The van der Waals surface area contributed by atoms with Crippen LogP contribution in [-0.2, 0) is 9.59 Å². The number of carbonyl (C=O) groups is 2. The lowest BCUT2D eigenvalue weighted by Gasteiger charge is -2.26. The van der Waals surface area contributed by atoms with Crippen molar-refractivity contribution in [2.24, 2.45) is 0 Å². The smallest absolute Gasteiger partial charge is 0.295 e. The summed E-state index contributed by atoms with van der Waals surface area (Å²) in [5, 5.41) is 11.7. The molecule has 1 aliphatic heterocycles. The zero-order valence-corrected chi connectivity index (χ0v) is 20.2. The molecule has 1 fully saturated rings. The Labute approximate surface area is 199 Å². The minimum atomic E-state index is -0.749. The molecule has 176 valence electrons. The average molecular weight is 472 g/mol. The standard InChI is InChI=1S/C26H30ClNO5/c1-5-6-7-13-28-23(17-9-8-10-19(14-17)33-16(2)3)22(25(30)26(28)31)24(29)20-15-18(27)11-12-21(20)32-4/h8-12,14-16,23,29H,5-7,13H2,1-4H3/b24-22+. The van der Waals surface area contributed by atoms with Crippen LogP contribution in [-0.4, -0.2) is 41.5 Å². The molecule has 7 heteroatoms. The van der Waals surface area contributed by atoms with Gasteiger partial charge < -0.3 is 19.5 Å². The molecule has 3 rings (SSSR count). The number of carbonyl (C=O) groups excluding carboxylic acids is 2. The maximum absolute atomic E-state index is 13.2. The molecule has 2 aromatic carbocycles. The number of hydrogen-bond donors (Lipinski definition) is 1. The Morgan fingerprint density at radius 1 is 1.15 bits per heavy atom. The second-order valence-electron chi connectivity index (χ2n) is 8.28. The fraction of sp³-hybridized carbons (Fsp3) is 0.385. The second kappa shape index (κ2) is 10.8. The minimum absolute atomic E-state index is 0.0127. The van der Waals surface area contributed by atoms with Gasteiger partial charge in [-0.2, -0.15) is 0 Å². The van der Waals surface area contributed by atoms with Gasteiger partial charge >= 0.3 is 0 Å². The van der Waals surface area contributed by atoms with Crippen LogP contribution in [0.3, 0.4) is 0 Å². The summed E-state index contributed by atoms with van der Waals surface area (Å²) in [6.07, 6.45) is 2.62. The molecule has 1 heterocycles. The van der Waals surface area contributed by atoms with E-state index in [1.54, 1.807) is 12.1 Å². The van der Waals surface area contributed by atoms with E-state index in [9.17, 15) is 14.7 Å². The first kappa shape index (κ1) is 24.6. The molecule has 1 N–H and O–H groups in total. The summed E-state index contributed by atoms with van der Waals surface area (Å²) in [6, 6.07) is 11.3. The van der Waals surface area contributed by atoms with E-state index in [-0.39, 0.29) is 23.0 Å². The molecule has 0 aromatic heterocycles. The number of hydrogen-bond acceptors (Lipinski definition) is 5. The van der Waals surface area contributed by atoms with Crippen LogP contribution < -0.4 is 9.47 Å². The number of Topliss-reactive ketones (excluding diaryl/α,β-unsaturated/α-hetero) is 1. The third-order valence-electron chi connectivity index (χ3n) is 5.50. The topological polar surface area (TPSA) is 76.1 Å². The summed E-state index contributed by atoms with van der Waals surface area (Å²) >= 11 is 6.16. The van der Waals surface area contributed by atoms with E-state index in [0.717, 1.165) is 19.3 Å². The minimum Gasteiger partial charge on any atom is -0.507 e. The second-order valence-corrected chi connectivity index (χ2v) is 8.72. The highest BCUT2D eigenvalue weighted by Gasteiger charge is 2.46. The molecular weight excluding hydrogens is 442 g/mol. The number of amides is 1. The Kier molecular flexibility index (Phi) is 8.03. The predicted molar refractivity (Wildman–Crippen MR) is 129 cm³/mol. The number of likely N-dealkylation sites (tertiary alicyclic amines) is 1. The molecule has 2 aromatic rings.